The highest BCUT2D eigenvalue weighted by molar-refractivity contribution is 6.39. The number of anilines is 1. The lowest BCUT2D eigenvalue weighted by atomic mass is 10.1. The Balaban J connectivity index is 1.64. The van der Waals surface area contributed by atoms with Gasteiger partial charge >= 0.3 is 6.03 Å². The molecule has 7 nitrogen and oxygen atoms in total. The van der Waals surface area contributed by atoms with E-state index in [2.05, 4.69) is 5.32 Å². The molecule has 1 aliphatic heterocycles. The molecule has 172 valence electrons. The van der Waals surface area contributed by atoms with E-state index in [0.29, 0.717) is 22.1 Å². The van der Waals surface area contributed by atoms with Gasteiger partial charge in [-0.1, -0.05) is 53.5 Å². The van der Waals surface area contributed by atoms with Crippen molar-refractivity contribution < 1.29 is 23.9 Å². The molecular formula is C25H18Cl2N2O5. The quantitative estimate of drug-likeness (QED) is 0.372. The standard InChI is InChI=1S/C25H18Cl2N2O5/c1-33-21-13-16(12-20(27)22(21)34-14-15-5-3-2-4-6-15)11-19-23(30)28-25(32)29(24(19)31)18-9-7-17(26)8-10-18/h2-13H,14H2,1H3,(H,28,30,32). The van der Waals surface area contributed by atoms with Crippen molar-refractivity contribution in [1.29, 1.82) is 0 Å². The number of nitrogens with zero attached hydrogens (tertiary/aromatic N) is 1. The van der Waals surface area contributed by atoms with E-state index < -0.39 is 17.8 Å². The van der Waals surface area contributed by atoms with Crippen LogP contribution in [0, 0.1) is 0 Å². The van der Waals surface area contributed by atoms with Gasteiger partial charge in [0, 0.05) is 5.02 Å². The van der Waals surface area contributed by atoms with E-state index in [-0.39, 0.29) is 22.9 Å². The third kappa shape index (κ3) is 4.90. The molecule has 0 spiro atoms. The van der Waals surface area contributed by atoms with Gasteiger partial charge in [0.15, 0.2) is 11.5 Å². The maximum absolute atomic E-state index is 13.1. The van der Waals surface area contributed by atoms with Crippen LogP contribution in [0.25, 0.3) is 6.08 Å². The second-order valence-corrected chi connectivity index (χ2v) is 8.09. The number of imide groups is 2. The molecule has 1 fully saturated rings. The van der Waals surface area contributed by atoms with Gasteiger partial charge in [0.05, 0.1) is 17.8 Å². The SMILES string of the molecule is COc1cc(C=C2C(=O)NC(=O)N(c3ccc(Cl)cc3)C2=O)cc(Cl)c1OCc1ccccc1. The Labute approximate surface area is 205 Å². The number of barbiturate groups is 1. The third-order valence-corrected chi connectivity index (χ3v) is 5.51. The molecule has 1 heterocycles. The first-order chi connectivity index (χ1) is 16.4. The first-order valence-electron chi connectivity index (χ1n) is 10.1. The van der Waals surface area contributed by atoms with E-state index in [0.717, 1.165) is 10.5 Å². The van der Waals surface area contributed by atoms with Crippen LogP contribution in [0.5, 0.6) is 11.5 Å². The van der Waals surface area contributed by atoms with Crippen molar-refractivity contribution in [2.45, 2.75) is 6.61 Å². The number of nitrogens with one attached hydrogen (secondary N) is 1. The van der Waals surface area contributed by atoms with Crippen LogP contribution in [0.2, 0.25) is 10.0 Å². The molecule has 4 rings (SSSR count). The van der Waals surface area contributed by atoms with Crippen LogP contribution in [-0.2, 0) is 16.2 Å². The molecule has 34 heavy (non-hydrogen) atoms. The van der Waals surface area contributed by atoms with Crippen molar-refractivity contribution >= 4 is 52.8 Å². The lowest BCUT2D eigenvalue weighted by Gasteiger charge is -2.26. The van der Waals surface area contributed by atoms with Crippen LogP contribution in [0.1, 0.15) is 11.1 Å². The Bertz CT molecular complexity index is 1290. The highest BCUT2D eigenvalue weighted by Crippen LogP contribution is 2.38. The van der Waals surface area contributed by atoms with Gasteiger partial charge in [-0.05, 0) is 53.6 Å². The summed E-state index contributed by atoms with van der Waals surface area (Å²) in [5.41, 5.74) is 1.39. The van der Waals surface area contributed by atoms with Crippen LogP contribution in [0.3, 0.4) is 0 Å². The largest absolute Gasteiger partial charge is 0.493 e. The Morgan fingerprint density at radius 2 is 1.68 bits per heavy atom. The van der Waals surface area contributed by atoms with Crippen molar-refractivity contribution in [3.63, 3.8) is 0 Å². The van der Waals surface area contributed by atoms with Crippen molar-refractivity contribution in [3.8, 4) is 11.5 Å². The molecule has 3 aromatic rings. The Morgan fingerprint density at radius 1 is 0.971 bits per heavy atom. The fourth-order valence-corrected chi connectivity index (χ4v) is 3.74. The number of hydrogen-bond donors (Lipinski definition) is 1. The molecule has 0 atom stereocenters. The van der Waals surface area contributed by atoms with E-state index >= 15 is 0 Å². The summed E-state index contributed by atoms with van der Waals surface area (Å²) in [6.45, 7) is 0.274. The van der Waals surface area contributed by atoms with Gasteiger partial charge in [-0.25, -0.2) is 9.69 Å². The van der Waals surface area contributed by atoms with Gasteiger partial charge < -0.3 is 9.47 Å². The summed E-state index contributed by atoms with van der Waals surface area (Å²) in [5, 5.41) is 2.85. The van der Waals surface area contributed by atoms with E-state index in [1.807, 2.05) is 30.3 Å². The molecule has 1 saturated heterocycles. The summed E-state index contributed by atoms with van der Waals surface area (Å²) >= 11 is 12.3. The molecule has 0 unspecified atom stereocenters. The van der Waals surface area contributed by atoms with E-state index in [4.69, 9.17) is 32.7 Å². The summed E-state index contributed by atoms with van der Waals surface area (Å²) < 4.78 is 11.3. The third-order valence-electron chi connectivity index (χ3n) is 4.98. The lowest BCUT2D eigenvalue weighted by Crippen LogP contribution is -2.54. The summed E-state index contributed by atoms with van der Waals surface area (Å²) in [6, 6.07) is 17.9. The van der Waals surface area contributed by atoms with Crippen molar-refractivity contribution in [3.05, 3.63) is 93.5 Å². The topological polar surface area (TPSA) is 84.9 Å². The minimum absolute atomic E-state index is 0.233. The van der Waals surface area contributed by atoms with Crippen LogP contribution in [0.15, 0.2) is 72.3 Å². The Hall–Kier alpha value is -3.81. The average molecular weight is 497 g/mol. The maximum atomic E-state index is 13.1. The molecule has 0 bridgehead atoms. The molecule has 0 aliphatic carbocycles. The van der Waals surface area contributed by atoms with Gasteiger partial charge in [0.2, 0.25) is 0 Å². The Kier molecular flexibility index (Phi) is 6.86. The molecule has 0 saturated carbocycles. The molecule has 0 aromatic heterocycles. The minimum atomic E-state index is -0.852. The number of halogens is 2. The number of carbonyl (C=O) groups is 3. The molecule has 9 heteroatoms. The molecular weight excluding hydrogens is 479 g/mol. The molecule has 3 aromatic carbocycles. The molecule has 1 aliphatic rings. The Morgan fingerprint density at radius 3 is 2.35 bits per heavy atom. The van der Waals surface area contributed by atoms with Gasteiger partial charge in [0.1, 0.15) is 12.2 Å². The number of urea groups is 1. The lowest BCUT2D eigenvalue weighted by molar-refractivity contribution is -0.122. The number of rotatable bonds is 6. The van der Waals surface area contributed by atoms with Crippen LogP contribution in [0.4, 0.5) is 10.5 Å². The number of carbonyl (C=O) groups excluding carboxylic acids is 3. The van der Waals surface area contributed by atoms with E-state index in [1.165, 1.54) is 37.5 Å². The molecule has 0 radical (unpaired) electrons. The maximum Gasteiger partial charge on any atom is 0.335 e. The number of methoxy groups -OCH3 is 1. The van der Waals surface area contributed by atoms with Crippen LogP contribution in [-0.4, -0.2) is 25.0 Å². The van der Waals surface area contributed by atoms with Gasteiger partial charge in [-0.15, -0.1) is 0 Å². The highest BCUT2D eigenvalue weighted by atomic mass is 35.5. The van der Waals surface area contributed by atoms with Crippen LogP contribution >= 0.6 is 23.2 Å². The van der Waals surface area contributed by atoms with Gasteiger partial charge in [-0.2, -0.15) is 0 Å². The fraction of sp³-hybridized carbons (Fsp3) is 0.0800. The van der Waals surface area contributed by atoms with Crippen molar-refractivity contribution in [1.82, 2.24) is 5.32 Å². The summed E-state index contributed by atoms with van der Waals surface area (Å²) in [5.74, 6) is -0.951. The average Bonchev–Trinajstić information content (AvgIpc) is 2.82. The van der Waals surface area contributed by atoms with E-state index in [9.17, 15) is 14.4 Å². The highest BCUT2D eigenvalue weighted by Gasteiger charge is 2.36. The zero-order valence-electron chi connectivity index (χ0n) is 17.9. The zero-order valence-corrected chi connectivity index (χ0v) is 19.4. The second kappa shape index (κ2) is 9.99. The van der Waals surface area contributed by atoms with E-state index in [1.54, 1.807) is 12.1 Å². The molecule has 1 N–H and O–H groups in total. The minimum Gasteiger partial charge on any atom is -0.493 e. The monoisotopic (exact) mass is 496 g/mol. The number of ether oxygens (including phenoxy) is 2. The zero-order chi connectivity index (χ0) is 24.2. The van der Waals surface area contributed by atoms with Crippen molar-refractivity contribution in [2.24, 2.45) is 0 Å². The summed E-state index contributed by atoms with van der Waals surface area (Å²) in [6.07, 6.45) is 1.34. The normalized spacial score (nSPS) is 14.9. The first-order valence-corrected chi connectivity index (χ1v) is 10.8. The van der Waals surface area contributed by atoms with Crippen LogP contribution < -0.4 is 19.7 Å². The number of hydrogen-bond acceptors (Lipinski definition) is 5. The second-order valence-electron chi connectivity index (χ2n) is 7.24. The summed E-state index contributed by atoms with van der Waals surface area (Å²) in [7, 11) is 1.46. The van der Waals surface area contributed by atoms with Crippen molar-refractivity contribution in [2.75, 3.05) is 12.0 Å². The van der Waals surface area contributed by atoms with Gasteiger partial charge in [-0.3, -0.25) is 14.9 Å². The summed E-state index contributed by atoms with van der Waals surface area (Å²) in [4.78, 5) is 38.7. The predicted octanol–water partition coefficient (Wildman–Crippen LogP) is 5.25. The fourth-order valence-electron chi connectivity index (χ4n) is 3.34. The first kappa shape index (κ1) is 23.4. The smallest absolute Gasteiger partial charge is 0.335 e. The number of benzene rings is 3. The predicted molar refractivity (Wildman–Crippen MR) is 129 cm³/mol. The number of amides is 4. The molecule has 4 amide bonds. The van der Waals surface area contributed by atoms with Gasteiger partial charge in [0.25, 0.3) is 11.8 Å².